The third kappa shape index (κ3) is 5.53. The highest BCUT2D eigenvalue weighted by Crippen LogP contribution is 2.22. The summed E-state index contributed by atoms with van der Waals surface area (Å²) in [4.78, 5) is 20.6. The number of carbonyl (C=O) groups is 1. The first-order valence-corrected chi connectivity index (χ1v) is 9.17. The Morgan fingerprint density at radius 1 is 1.07 bits per heavy atom. The molecular formula is C21H21ClN4O. The number of amides is 1. The molecule has 0 aliphatic rings. The number of anilines is 2. The molecule has 2 aromatic carbocycles. The Bertz CT molecular complexity index is 898. The number of aromatic nitrogens is 2. The smallest absolute Gasteiger partial charge is 0.271 e. The molecule has 0 spiro atoms. The van der Waals surface area contributed by atoms with E-state index in [9.17, 15) is 4.79 Å². The minimum absolute atomic E-state index is 0.222. The van der Waals surface area contributed by atoms with Gasteiger partial charge in [-0.2, -0.15) is 0 Å². The molecule has 1 heterocycles. The van der Waals surface area contributed by atoms with Crippen LogP contribution >= 0.6 is 11.6 Å². The first kappa shape index (κ1) is 18.9. The molecule has 6 heteroatoms. The number of benzene rings is 2. The van der Waals surface area contributed by atoms with Crippen LogP contribution in [0.3, 0.4) is 0 Å². The summed E-state index contributed by atoms with van der Waals surface area (Å²) in [6.45, 7) is 2.54. The van der Waals surface area contributed by atoms with E-state index in [1.165, 1.54) is 18.0 Å². The monoisotopic (exact) mass is 380 g/mol. The van der Waals surface area contributed by atoms with Crippen molar-refractivity contribution in [3.63, 3.8) is 0 Å². The van der Waals surface area contributed by atoms with Crippen LogP contribution in [0.25, 0.3) is 0 Å². The molecule has 27 heavy (non-hydrogen) atoms. The zero-order valence-corrected chi connectivity index (χ0v) is 15.8. The Labute approximate surface area is 163 Å². The Morgan fingerprint density at radius 2 is 1.89 bits per heavy atom. The van der Waals surface area contributed by atoms with Gasteiger partial charge in [0.15, 0.2) is 0 Å². The molecule has 0 saturated carbocycles. The standard InChI is InChI=1S/C21H21ClN4O/c1-15-9-10-17(12-18(15)22)26-20-14-24-19(13-25-20)21(27)23-11-5-8-16-6-3-2-4-7-16/h2-4,6-7,9-10,12-14H,5,8,11H2,1H3,(H,23,27)(H,25,26). The van der Waals surface area contributed by atoms with Gasteiger partial charge in [-0.05, 0) is 43.0 Å². The van der Waals surface area contributed by atoms with E-state index < -0.39 is 0 Å². The summed E-state index contributed by atoms with van der Waals surface area (Å²) in [5.74, 6) is 0.330. The molecule has 2 N–H and O–H groups in total. The van der Waals surface area contributed by atoms with Crippen LogP contribution in [0.15, 0.2) is 60.9 Å². The summed E-state index contributed by atoms with van der Waals surface area (Å²) in [7, 11) is 0. The summed E-state index contributed by atoms with van der Waals surface area (Å²) in [5.41, 5.74) is 3.38. The Morgan fingerprint density at radius 3 is 2.59 bits per heavy atom. The van der Waals surface area contributed by atoms with E-state index in [4.69, 9.17) is 11.6 Å². The van der Waals surface area contributed by atoms with Gasteiger partial charge in [0.1, 0.15) is 11.5 Å². The minimum Gasteiger partial charge on any atom is -0.351 e. The van der Waals surface area contributed by atoms with Crippen molar-refractivity contribution in [1.29, 1.82) is 0 Å². The molecule has 0 fully saturated rings. The Kier molecular flexibility index (Phi) is 6.39. The number of hydrogen-bond acceptors (Lipinski definition) is 4. The van der Waals surface area contributed by atoms with Gasteiger partial charge in [0, 0.05) is 17.3 Å². The van der Waals surface area contributed by atoms with Crippen LogP contribution in [0, 0.1) is 6.92 Å². The molecule has 3 rings (SSSR count). The predicted octanol–water partition coefficient (Wildman–Crippen LogP) is 4.54. The lowest BCUT2D eigenvalue weighted by Gasteiger charge is -2.08. The van der Waals surface area contributed by atoms with Crippen molar-refractivity contribution < 1.29 is 4.79 Å². The van der Waals surface area contributed by atoms with Gasteiger partial charge in [0.25, 0.3) is 5.91 Å². The van der Waals surface area contributed by atoms with Crippen LogP contribution in [-0.2, 0) is 6.42 Å². The maximum atomic E-state index is 12.2. The highest BCUT2D eigenvalue weighted by Gasteiger charge is 2.08. The Balaban J connectivity index is 1.48. The third-order valence-electron chi connectivity index (χ3n) is 4.10. The van der Waals surface area contributed by atoms with Gasteiger partial charge in [0.05, 0.1) is 12.4 Å². The summed E-state index contributed by atoms with van der Waals surface area (Å²) in [6.07, 6.45) is 4.79. The zero-order chi connectivity index (χ0) is 19.1. The molecule has 0 bridgehead atoms. The fourth-order valence-corrected chi connectivity index (χ4v) is 2.74. The second-order valence-electron chi connectivity index (χ2n) is 6.22. The van der Waals surface area contributed by atoms with Crippen molar-refractivity contribution in [3.05, 3.63) is 82.8 Å². The average Bonchev–Trinajstić information content (AvgIpc) is 2.69. The highest BCUT2D eigenvalue weighted by molar-refractivity contribution is 6.31. The van der Waals surface area contributed by atoms with Crippen molar-refractivity contribution in [1.82, 2.24) is 15.3 Å². The zero-order valence-electron chi connectivity index (χ0n) is 15.1. The molecule has 0 radical (unpaired) electrons. The second kappa shape index (κ2) is 9.14. The molecule has 1 aromatic heterocycles. The SMILES string of the molecule is Cc1ccc(Nc2cnc(C(=O)NCCCc3ccccc3)cn2)cc1Cl. The van der Waals surface area contributed by atoms with E-state index >= 15 is 0 Å². The maximum absolute atomic E-state index is 12.2. The van der Waals surface area contributed by atoms with E-state index in [0.717, 1.165) is 24.1 Å². The molecular weight excluding hydrogens is 360 g/mol. The van der Waals surface area contributed by atoms with Crippen LogP contribution in [0.4, 0.5) is 11.5 Å². The topological polar surface area (TPSA) is 66.9 Å². The van der Waals surface area contributed by atoms with Crippen molar-refractivity contribution in [2.24, 2.45) is 0 Å². The molecule has 3 aromatic rings. The molecule has 0 unspecified atom stereocenters. The number of halogens is 1. The van der Waals surface area contributed by atoms with Gasteiger partial charge in [-0.3, -0.25) is 4.79 Å². The Hall–Kier alpha value is -2.92. The predicted molar refractivity (Wildman–Crippen MR) is 109 cm³/mol. The molecule has 1 amide bonds. The largest absolute Gasteiger partial charge is 0.351 e. The van der Waals surface area contributed by atoms with E-state index in [0.29, 0.717) is 23.1 Å². The van der Waals surface area contributed by atoms with Gasteiger partial charge in [0.2, 0.25) is 0 Å². The molecule has 0 atom stereocenters. The van der Waals surface area contributed by atoms with Crippen LogP contribution in [0.2, 0.25) is 5.02 Å². The first-order chi connectivity index (χ1) is 13.1. The molecule has 138 valence electrons. The van der Waals surface area contributed by atoms with Crippen molar-refractivity contribution in [2.75, 3.05) is 11.9 Å². The second-order valence-corrected chi connectivity index (χ2v) is 6.63. The van der Waals surface area contributed by atoms with Gasteiger partial charge in [-0.25, -0.2) is 9.97 Å². The van der Waals surface area contributed by atoms with Crippen molar-refractivity contribution in [2.45, 2.75) is 19.8 Å². The van der Waals surface area contributed by atoms with E-state index in [1.807, 2.05) is 43.3 Å². The van der Waals surface area contributed by atoms with Gasteiger partial charge in [-0.15, -0.1) is 0 Å². The van der Waals surface area contributed by atoms with E-state index in [2.05, 4.69) is 32.7 Å². The lowest BCUT2D eigenvalue weighted by Crippen LogP contribution is -2.25. The fourth-order valence-electron chi connectivity index (χ4n) is 2.56. The normalized spacial score (nSPS) is 10.4. The van der Waals surface area contributed by atoms with Crippen molar-refractivity contribution in [3.8, 4) is 0 Å². The summed E-state index contributed by atoms with van der Waals surface area (Å²) in [5, 5.41) is 6.67. The van der Waals surface area contributed by atoms with Crippen LogP contribution in [0.5, 0.6) is 0 Å². The van der Waals surface area contributed by atoms with Gasteiger partial charge in [-0.1, -0.05) is 48.0 Å². The summed E-state index contributed by atoms with van der Waals surface area (Å²) in [6, 6.07) is 15.9. The molecule has 5 nitrogen and oxygen atoms in total. The van der Waals surface area contributed by atoms with Crippen LogP contribution in [0.1, 0.15) is 28.0 Å². The quantitative estimate of drug-likeness (QED) is 0.590. The number of aryl methyl sites for hydroxylation is 2. The number of rotatable bonds is 7. The highest BCUT2D eigenvalue weighted by atomic mass is 35.5. The van der Waals surface area contributed by atoms with Gasteiger partial charge >= 0.3 is 0 Å². The number of nitrogens with one attached hydrogen (secondary N) is 2. The van der Waals surface area contributed by atoms with Gasteiger partial charge < -0.3 is 10.6 Å². The first-order valence-electron chi connectivity index (χ1n) is 8.79. The number of nitrogens with zero attached hydrogens (tertiary/aromatic N) is 2. The fraction of sp³-hybridized carbons (Fsp3) is 0.190. The minimum atomic E-state index is -0.222. The summed E-state index contributed by atoms with van der Waals surface area (Å²) < 4.78 is 0. The van der Waals surface area contributed by atoms with Crippen LogP contribution < -0.4 is 10.6 Å². The maximum Gasteiger partial charge on any atom is 0.271 e. The molecule has 0 aliphatic carbocycles. The summed E-state index contributed by atoms with van der Waals surface area (Å²) >= 11 is 6.12. The third-order valence-corrected chi connectivity index (χ3v) is 4.51. The number of hydrogen-bond donors (Lipinski definition) is 2. The lowest BCUT2D eigenvalue weighted by molar-refractivity contribution is 0.0948. The molecule has 0 saturated heterocycles. The van der Waals surface area contributed by atoms with E-state index in [1.54, 1.807) is 0 Å². The van der Waals surface area contributed by atoms with Crippen molar-refractivity contribution >= 4 is 29.0 Å². The average molecular weight is 381 g/mol. The van der Waals surface area contributed by atoms with E-state index in [-0.39, 0.29) is 5.91 Å². The molecule has 0 aliphatic heterocycles. The van der Waals surface area contributed by atoms with Crippen LogP contribution in [-0.4, -0.2) is 22.4 Å². The number of carbonyl (C=O) groups excluding carboxylic acids is 1. The lowest BCUT2D eigenvalue weighted by atomic mass is 10.1.